The molecule has 0 radical (unpaired) electrons. The maximum Gasteiger partial charge on any atom is 0.227 e. The number of rotatable bonds is 3. The molecule has 0 saturated carbocycles. The average Bonchev–Trinajstić information content (AvgIpc) is 2.87. The van der Waals surface area contributed by atoms with Crippen LogP contribution in [0.5, 0.6) is 0 Å². The fourth-order valence-electron chi connectivity index (χ4n) is 1.66. The normalized spacial score (nSPS) is 10.4. The topological polar surface area (TPSA) is 37.8 Å². The van der Waals surface area contributed by atoms with Crippen molar-refractivity contribution in [2.24, 2.45) is 0 Å². The third-order valence-electron chi connectivity index (χ3n) is 2.51. The van der Waals surface area contributed by atoms with Gasteiger partial charge in [0, 0.05) is 11.9 Å². The fourth-order valence-corrected chi connectivity index (χ4v) is 2.67. The van der Waals surface area contributed by atoms with Crippen LogP contribution in [0.4, 0.5) is 11.6 Å². The molecule has 0 saturated heterocycles. The van der Waals surface area contributed by atoms with Gasteiger partial charge in [0.05, 0.1) is 14.9 Å². The molecule has 2 aromatic heterocycles. The summed E-state index contributed by atoms with van der Waals surface area (Å²) in [4.78, 5) is 9.73. The minimum absolute atomic E-state index is 0.577. The highest BCUT2D eigenvalue weighted by Gasteiger charge is 2.05. The summed E-state index contributed by atoms with van der Waals surface area (Å²) in [5.41, 5.74) is 1.83. The van der Waals surface area contributed by atoms with Crippen molar-refractivity contribution < 1.29 is 0 Å². The number of hydrogen-bond acceptors (Lipinski definition) is 4. The standard InChI is InChI=1S/C14H10ClN3S/c15-13-7-6-12(19-13)11-8-9-16-14(18-11)17-10-4-2-1-3-5-10/h1-9H,(H,16,17,18). The number of nitrogens with zero attached hydrogens (tertiary/aromatic N) is 2. The SMILES string of the molecule is Clc1ccc(-c2ccnc(Nc3ccccc3)n2)s1. The Bertz CT molecular complexity index is 682. The molecule has 3 nitrogen and oxygen atoms in total. The van der Waals surface area contributed by atoms with Gasteiger partial charge in [-0.3, -0.25) is 0 Å². The molecule has 0 aliphatic rings. The van der Waals surface area contributed by atoms with Crippen LogP contribution in [-0.2, 0) is 0 Å². The van der Waals surface area contributed by atoms with E-state index in [4.69, 9.17) is 11.6 Å². The molecule has 19 heavy (non-hydrogen) atoms. The predicted octanol–water partition coefficient (Wildman–Crippen LogP) is 4.60. The number of aromatic nitrogens is 2. The molecule has 0 fully saturated rings. The molecule has 0 amide bonds. The molecule has 2 heterocycles. The van der Waals surface area contributed by atoms with Gasteiger partial charge in [-0.15, -0.1) is 11.3 Å². The Morgan fingerprint density at radius 2 is 1.84 bits per heavy atom. The maximum atomic E-state index is 5.94. The van der Waals surface area contributed by atoms with Crippen molar-refractivity contribution in [3.8, 4) is 10.6 Å². The second-order valence-corrected chi connectivity index (χ2v) is 5.58. The Morgan fingerprint density at radius 3 is 2.58 bits per heavy atom. The van der Waals surface area contributed by atoms with Gasteiger partial charge in [0.25, 0.3) is 0 Å². The first-order valence-corrected chi connectivity index (χ1v) is 6.91. The lowest BCUT2D eigenvalue weighted by molar-refractivity contribution is 1.17. The first-order chi connectivity index (χ1) is 9.31. The van der Waals surface area contributed by atoms with Crippen LogP contribution in [0.1, 0.15) is 0 Å². The first kappa shape index (κ1) is 12.1. The lowest BCUT2D eigenvalue weighted by atomic mass is 10.3. The molecule has 0 bridgehead atoms. The van der Waals surface area contributed by atoms with Gasteiger partial charge < -0.3 is 5.32 Å². The zero-order valence-corrected chi connectivity index (χ0v) is 11.4. The Kier molecular flexibility index (Phi) is 3.44. The molecule has 3 aromatic rings. The van der Waals surface area contributed by atoms with Crippen molar-refractivity contribution in [1.82, 2.24) is 9.97 Å². The van der Waals surface area contributed by atoms with Crippen LogP contribution in [0.3, 0.4) is 0 Å². The van der Waals surface area contributed by atoms with E-state index in [-0.39, 0.29) is 0 Å². The van der Waals surface area contributed by atoms with Crippen LogP contribution in [0.2, 0.25) is 4.34 Å². The molecule has 3 rings (SSSR count). The van der Waals surface area contributed by atoms with E-state index in [1.807, 2.05) is 48.5 Å². The van der Waals surface area contributed by atoms with Gasteiger partial charge in [0.1, 0.15) is 0 Å². The third kappa shape index (κ3) is 2.92. The predicted molar refractivity (Wildman–Crippen MR) is 80.1 cm³/mol. The second kappa shape index (κ2) is 5.38. The Morgan fingerprint density at radius 1 is 1.00 bits per heavy atom. The lowest BCUT2D eigenvalue weighted by Gasteiger charge is -2.05. The van der Waals surface area contributed by atoms with Crippen LogP contribution in [0, 0.1) is 0 Å². The van der Waals surface area contributed by atoms with E-state index in [2.05, 4.69) is 15.3 Å². The largest absolute Gasteiger partial charge is 0.324 e. The molecular formula is C14H10ClN3S. The number of nitrogens with one attached hydrogen (secondary N) is 1. The van der Waals surface area contributed by atoms with E-state index < -0.39 is 0 Å². The molecule has 94 valence electrons. The number of hydrogen-bond donors (Lipinski definition) is 1. The molecule has 0 aliphatic heterocycles. The summed E-state index contributed by atoms with van der Waals surface area (Å²) >= 11 is 7.44. The van der Waals surface area contributed by atoms with Crippen LogP contribution in [0.25, 0.3) is 10.6 Å². The number of para-hydroxylation sites is 1. The molecule has 0 atom stereocenters. The van der Waals surface area contributed by atoms with Gasteiger partial charge in [0.2, 0.25) is 5.95 Å². The Labute approximate surface area is 119 Å². The number of anilines is 2. The van der Waals surface area contributed by atoms with Gasteiger partial charge in [-0.05, 0) is 30.3 Å². The van der Waals surface area contributed by atoms with Gasteiger partial charge in [-0.1, -0.05) is 29.8 Å². The molecule has 0 spiro atoms. The van der Waals surface area contributed by atoms with E-state index in [1.54, 1.807) is 6.20 Å². The minimum Gasteiger partial charge on any atom is -0.324 e. The van der Waals surface area contributed by atoms with Gasteiger partial charge >= 0.3 is 0 Å². The van der Waals surface area contributed by atoms with E-state index in [0.29, 0.717) is 5.95 Å². The Balaban J connectivity index is 1.88. The van der Waals surface area contributed by atoms with Crippen LogP contribution in [0.15, 0.2) is 54.7 Å². The van der Waals surface area contributed by atoms with Gasteiger partial charge in [-0.25, -0.2) is 9.97 Å². The van der Waals surface area contributed by atoms with E-state index in [0.717, 1.165) is 20.6 Å². The van der Waals surface area contributed by atoms with E-state index in [9.17, 15) is 0 Å². The molecule has 1 N–H and O–H groups in total. The van der Waals surface area contributed by atoms with Gasteiger partial charge in [0.15, 0.2) is 0 Å². The van der Waals surface area contributed by atoms with Crippen molar-refractivity contribution in [3.63, 3.8) is 0 Å². The van der Waals surface area contributed by atoms with Gasteiger partial charge in [-0.2, -0.15) is 0 Å². The summed E-state index contributed by atoms with van der Waals surface area (Å²) in [6, 6.07) is 15.5. The minimum atomic E-state index is 0.577. The molecule has 0 unspecified atom stereocenters. The van der Waals surface area contributed by atoms with Crippen LogP contribution in [-0.4, -0.2) is 9.97 Å². The molecule has 1 aromatic carbocycles. The number of halogens is 1. The fraction of sp³-hybridized carbons (Fsp3) is 0. The Hall–Kier alpha value is -1.91. The zero-order chi connectivity index (χ0) is 13.1. The lowest BCUT2D eigenvalue weighted by Crippen LogP contribution is -1.96. The van der Waals surface area contributed by atoms with Crippen molar-refractivity contribution in [2.45, 2.75) is 0 Å². The third-order valence-corrected chi connectivity index (χ3v) is 3.76. The second-order valence-electron chi connectivity index (χ2n) is 3.86. The average molecular weight is 288 g/mol. The molecule has 5 heteroatoms. The summed E-state index contributed by atoms with van der Waals surface area (Å²) in [6.45, 7) is 0. The number of benzene rings is 1. The van der Waals surface area contributed by atoms with Crippen LogP contribution < -0.4 is 5.32 Å². The summed E-state index contributed by atoms with van der Waals surface area (Å²) in [5.74, 6) is 0.577. The quantitative estimate of drug-likeness (QED) is 0.765. The summed E-state index contributed by atoms with van der Waals surface area (Å²) in [7, 11) is 0. The summed E-state index contributed by atoms with van der Waals surface area (Å²) in [6.07, 6.45) is 1.74. The summed E-state index contributed by atoms with van der Waals surface area (Å²) in [5, 5.41) is 3.17. The smallest absolute Gasteiger partial charge is 0.227 e. The zero-order valence-electron chi connectivity index (χ0n) is 9.88. The van der Waals surface area contributed by atoms with Crippen LogP contribution >= 0.6 is 22.9 Å². The number of thiophene rings is 1. The highest BCUT2D eigenvalue weighted by Crippen LogP contribution is 2.30. The molecular weight excluding hydrogens is 278 g/mol. The van der Waals surface area contributed by atoms with E-state index >= 15 is 0 Å². The monoisotopic (exact) mass is 287 g/mol. The van der Waals surface area contributed by atoms with Crippen molar-refractivity contribution in [1.29, 1.82) is 0 Å². The van der Waals surface area contributed by atoms with Crippen molar-refractivity contribution in [3.05, 3.63) is 59.1 Å². The maximum absolute atomic E-state index is 5.94. The van der Waals surface area contributed by atoms with E-state index in [1.165, 1.54) is 11.3 Å². The van der Waals surface area contributed by atoms with Crippen molar-refractivity contribution >= 4 is 34.6 Å². The van der Waals surface area contributed by atoms with Crippen molar-refractivity contribution in [2.75, 3.05) is 5.32 Å². The highest BCUT2D eigenvalue weighted by molar-refractivity contribution is 7.19. The molecule has 0 aliphatic carbocycles. The first-order valence-electron chi connectivity index (χ1n) is 5.72. The highest BCUT2D eigenvalue weighted by atomic mass is 35.5. The summed E-state index contributed by atoms with van der Waals surface area (Å²) < 4.78 is 0.756.